The zero-order chi connectivity index (χ0) is 18.9. The number of hydrogen-bond donors (Lipinski definition) is 1. The molecule has 0 amide bonds. The van der Waals surface area contributed by atoms with Crippen molar-refractivity contribution in [3.63, 3.8) is 0 Å². The van der Waals surface area contributed by atoms with E-state index in [1.54, 1.807) is 30.3 Å². The average molecular weight is 365 g/mol. The topological polar surface area (TPSA) is 69.4 Å². The van der Waals surface area contributed by atoms with Crippen molar-refractivity contribution in [2.75, 3.05) is 12.3 Å². The first-order chi connectivity index (χ1) is 12.2. The minimum atomic E-state index is -4.40. The Hall–Kier alpha value is -2.57. The molecule has 26 heavy (non-hydrogen) atoms. The van der Waals surface area contributed by atoms with Gasteiger partial charge in [0.15, 0.2) is 0 Å². The average Bonchev–Trinajstić information content (AvgIpc) is 2.58. The molecule has 1 fully saturated rings. The summed E-state index contributed by atoms with van der Waals surface area (Å²) in [6.45, 7) is -0.422. The van der Waals surface area contributed by atoms with E-state index in [1.807, 2.05) is 0 Å². The number of hydrogen-bond acceptors (Lipinski definition) is 4. The second-order valence-electron chi connectivity index (χ2n) is 6.61. The molecule has 0 saturated heterocycles. The fraction of sp³-hybridized carbons (Fsp3) is 0.368. The van der Waals surface area contributed by atoms with Crippen molar-refractivity contribution in [1.82, 2.24) is 0 Å². The molecule has 3 rings (SSSR count). The lowest BCUT2D eigenvalue weighted by Crippen LogP contribution is -2.38. The molecule has 0 heterocycles. The SMILES string of the molecule is Nc1ccc2cc(C(=O)OCC3CC(=O)CCC3C(F)(F)F)ccc2c1. The Kier molecular flexibility index (Phi) is 4.89. The number of rotatable bonds is 3. The van der Waals surface area contributed by atoms with Gasteiger partial charge >= 0.3 is 12.1 Å². The van der Waals surface area contributed by atoms with Crippen LogP contribution in [0, 0.1) is 11.8 Å². The van der Waals surface area contributed by atoms with E-state index in [4.69, 9.17) is 10.5 Å². The number of alkyl halides is 3. The smallest absolute Gasteiger partial charge is 0.392 e. The molecule has 138 valence electrons. The second kappa shape index (κ2) is 6.97. The Morgan fingerprint density at radius 3 is 2.58 bits per heavy atom. The molecule has 7 heteroatoms. The molecule has 2 atom stereocenters. The van der Waals surface area contributed by atoms with Crippen LogP contribution in [0.2, 0.25) is 0 Å². The highest BCUT2D eigenvalue weighted by atomic mass is 19.4. The lowest BCUT2D eigenvalue weighted by molar-refractivity contribution is -0.199. The number of carbonyl (C=O) groups is 2. The van der Waals surface area contributed by atoms with Gasteiger partial charge in [-0.1, -0.05) is 12.1 Å². The molecule has 1 aliphatic rings. The normalized spacial score (nSPS) is 21.0. The lowest BCUT2D eigenvalue weighted by atomic mass is 9.78. The molecule has 0 bridgehead atoms. The van der Waals surface area contributed by atoms with Gasteiger partial charge in [0.25, 0.3) is 0 Å². The summed E-state index contributed by atoms with van der Waals surface area (Å²) in [6.07, 6.45) is -4.94. The van der Waals surface area contributed by atoms with E-state index in [9.17, 15) is 22.8 Å². The number of nitrogen functional groups attached to an aromatic ring is 1. The minimum Gasteiger partial charge on any atom is -0.462 e. The number of Topliss-reactive ketones (excluding diaryl/α,β-unsaturated/α-hetero) is 1. The van der Waals surface area contributed by atoms with Gasteiger partial charge in [-0.05, 0) is 41.5 Å². The summed E-state index contributed by atoms with van der Waals surface area (Å²) in [5.74, 6) is -3.58. The predicted octanol–water partition coefficient (Wildman–Crippen LogP) is 4.13. The van der Waals surface area contributed by atoms with Crippen LogP contribution in [0.15, 0.2) is 36.4 Å². The third kappa shape index (κ3) is 3.98. The zero-order valence-electron chi connectivity index (χ0n) is 13.9. The summed E-state index contributed by atoms with van der Waals surface area (Å²) in [5, 5.41) is 1.62. The number of esters is 1. The summed E-state index contributed by atoms with van der Waals surface area (Å²) in [4.78, 5) is 23.7. The number of benzene rings is 2. The van der Waals surface area contributed by atoms with Crippen LogP contribution in [0.5, 0.6) is 0 Å². The quantitative estimate of drug-likeness (QED) is 0.656. The first kappa shape index (κ1) is 18.2. The maximum Gasteiger partial charge on any atom is 0.392 e. The summed E-state index contributed by atoms with van der Waals surface area (Å²) >= 11 is 0. The van der Waals surface area contributed by atoms with Crippen molar-refractivity contribution in [3.8, 4) is 0 Å². The third-order valence-electron chi connectivity index (χ3n) is 4.74. The number of carbonyl (C=O) groups excluding carboxylic acids is 2. The third-order valence-corrected chi connectivity index (χ3v) is 4.74. The molecular weight excluding hydrogens is 347 g/mol. The standard InChI is InChI=1S/C19H18F3NO3/c20-19(21,22)17-6-5-16(24)9-14(17)10-26-18(25)13-2-1-12-8-15(23)4-3-11(12)7-13/h1-4,7-8,14,17H,5-6,9-10,23H2. The molecule has 2 aromatic carbocycles. The molecule has 4 nitrogen and oxygen atoms in total. The first-order valence-corrected chi connectivity index (χ1v) is 8.29. The fourth-order valence-electron chi connectivity index (χ4n) is 3.35. The van der Waals surface area contributed by atoms with Crippen molar-refractivity contribution in [2.45, 2.75) is 25.4 Å². The van der Waals surface area contributed by atoms with Gasteiger partial charge in [-0.3, -0.25) is 4.79 Å². The summed E-state index contributed by atoms with van der Waals surface area (Å²) in [7, 11) is 0. The highest BCUT2D eigenvalue weighted by Gasteiger charge is 2.47. The van der Waals surface area contributed by atoms with E-state index in [0.29, 0.717) is 5.69 Å². The first-order valence-electron chi connectivity index (χ1n) is 8.29. The molecule has 0 aromatic heterocycles. The molecule has 0 aliphatic heterocycles. The largest absolute Gasteiger partial charge is 0.462 e. The Bertz CT molecular complexity index is 848. The number of ketones is 1. The van der Waals surface area contributed by atoms with E-state index >= 15 is 0 Å². The van der Waals surface area contributed by atoms with Crippen molar-refractivity contribution < 1.29 is 27.5 Å². The molecule has 1 aliphatic carbocycles. The zero-order valence-corrected chi connectivity index (χ0v) is 13.9. The van der Waals surface area contributed by atoms with Crippen LogP contribution in [0.25, 0.3) is 10.8 Å². The van der Waals surface area contributed by atoms with Gasteiger partial charge in [-0.2, -0.15) is 13.2 Å². The minimum absolute atomic E-state index is 0.0809. The van der Waals surface area contributed by atoms with Crippen molar-refractivity contribution in [2.24, 2.45) is 11.8 Å². The highest BCUT2D eigenvalue weighted by molar-refractivity contribution is 5.96. The van der Waals surface area contributed by atoms with E-state index in [-0.39, 0.29) is 30.6 Å². The van der Waals surface area contributed by atoms with Crippen LogP contribution in [-0.4, -0.2) is 24.5 Å². The highest BCUT2D eigenvalue weighted by Crippen LogP contribution is 2.40. The van der Waals surface area contributed by atoms with Gasteiger partial charge in [-0.25, -0.2) is 4.79 Å². The van der Waals surface area contributed by atoms with Crippen LogP contribution in [0.4, 0.5) is 18.9 Å². The molecule has 2 N–H and O–H groups in total. The fourth-order valence-corrected chi connectivity index (χ4v) is 3.35. The molecule has 2 unspecified atom stereocenters. The monoisotopic (exact) mass is 365 g/mol. The van der Waals surface area contributed by atoms with E-state index in [2.05, 4.69) is 0 Å². The van der Waals surface area contributed by atoms with Crippen molar-refractivity contribution in [3.05, 3.63) is 42.0 Å². The Labute approximate surface area is 148 Å². The summed E-state index contributed by atoms with van der Waals surface area (Å²) in [5.41, 5.74) is 6.53. The number of fused-ring (bicyclic) bond motifs is 1. The number of nitrogens with two attached hydrogens (primary N) is 1. The molecule has 0 spiro atoms. The van der Waals surface area contributed by atoms with Crippen LogP contribution >= 0.6 is 0 Å². The molecule has 2 aromatic rings. The van der Waals surface area contributed by atoms with Gasteiger partial charge < -0.3 is 10.5 Å². The van der Waals surface area contributed by atoms with Crippen LogP contribution < -0.4 is 5.73 Å². The van der Waals surface area contributed by atoms with Crippen LogP contribution in [-0.2, 0) is 9.53 Å². The maximum atomic E-state index is 13.1. The van der Waals surface area contributed by atoms with Gasteiger partial charge in [0, 0.05) is 24.4 Å². The van der Waals surface area contributed by atoms with Crippen LogP contribution in [0.3, 0.4) is 0 Å². The van der Waals surface area contributed by atoms with Crippen LogP contribution in [0.1, 0.15) is 29.6 Å². The van der Waals surface area contributed by atoms with Crippen molar-refractivity contribution in [1.29, 1.82) is 0 Å². The van der Waals surface area contributed by atoms with Crippen molar-refractivity contribution >= 4 is 28.2 Å². The second-order valence-corrected chi connectivity index (χ2v) is 6.61. The van der Waals surface area contributed by atoms with E-state index in [1.165, 1.54) is 6.07 Å². The lowest BCUT2D eigenvalue weighted by Gasteiger charge is -2.31. The Morgan fingerprint density at radius 2 is 1.85 bits per heavy atom. The molecule has 0 radical (unpaired) electrons. The van der Waals surface area contributed by atoms with Gasteiger partial charge in [-0.15, -0.1) is 0 Å². The van der Waals surface area contributed by atoms with E-state index < -0.39 is 30.6 Å². The number of halogens is 3. The maximum absolute atomic E-state index is 13.1. The Balaban J connectivity index is 1.71. The predicted molar refractivity (Wildman–Crippen MR) is 90.5 cm³/mol. The number of ether oxygens (including phenoxy) is 1. The van der Waals surface area contributed by atoms with E-state index in [0.717, 1.165) is 10.8 Å². The van der Waals surface area contributed by atoms with Gasteiger partial charge in [0.2, 0.25) is 0 Å². The van der Waals surface area contributed by atoms with Gasteiger partial charge in [0.1, 0.15) is 5.78 Å². The molecule has 1 saturated carbocycles. The van der Waals surface area contributed by atoms with Gasteiger partial charge in [0.05, 0.1) is 18.1 Å². The molecular formula is C19H18F3NO3. The number of anilines is 1. The summed E-state index contributed by atoms with van der Waals surface area (Å²) < 4.78 is 44.4. The summed E-state index contributed by atoms with van der Waals surface area (Å²) in [6, 6.07) is 10.0. The Morgan fingerprint density at radius 1 is 1.15 bits per heavy atom.